The first-order chi connectivity index (χ1) is 31.8. The summed E-state index contributed by atoms with van der Waals surface area (Å²) in [5.41, 5.74) is 0. The Labute approximate surface area is 400 Å². The maximum atomic E-state index is 13.1. The van der Waals surface area contributed by atoms with Crippen molar-refractivity contribution in [2.75, 3.05) is 13.2 Å². The van der Waals surface area contributed by atoms with Crippen LogP contribution in [-0.2, 0) is 14.3 Å². The lowest BCUT2D eigenvalue weighted by Gasteiger charge is -2.40. The number of rotatable bonds is 49. The van der Waals surface area contributed by atoms with Crippen molar-refractivity contribution in [3.8, 4) is 0 Å². The molecule has 8 atom stereocenters. The molecule has 0 bridgehead atoms. The zero-order chi connectivity index (χ0) is 47.4. The quantitative estimate of drug-likeness (QED) is 0.0294. The number of nitrogens with one attached hydrogen (secondary N) is 1. The minimum atomic E-state index is -1.60. The molecule has 0 unspecified atom stereocenters. The lowest BCUT2D eigenvalue weighted by molar-refractivity contribution is -0.303. The van der Waals surface area contributed by atoms with Crippen molar-refractivity contribution in [3.63, 3.8) is 0 Å². The SMILES string of the molecule is CCCCCCCCCCCCCCCCCCCCCCCCCC(=O)N[C@@H](CO[C@H]1O[C@H](CO)[C@H](O)[C@@H](O)[C@H]1O)[C@H](O)[C@H](O)CCCCCCCCCCCCCCCCCCC. The van der Waals surface area contributed by atoms with E-state index in [1.54, 1.807) is 0 Å². The Morgan fingerprint density at radius 2 is 0.800 bits per heavy atom. The number of ether oxygens (including phenoxy) is 2. The highest BCUT2D eigenvalue weighted by molar-refractivity contribution is 5.76. The molecule has 1 fully saturated rings. The molecule has 0 aromatic heterocycles. The highest BCUT2D eigenvalue weighted by atomic mass is 16.7. The van der Waals surface area contributed by atoms with E-state index in [9.17, 15) is 35.4 Å². The Hall–Kier alpha value is -0.850. The van der Waals surface area contributed by atoms with Crippen LogP contribution in [0.5, 0.6) is 0 Å². The van der Waals surface area contributed by atoms with Crippen molar-refractivity contribution in [2.24, 2.45) is 0 Å². The number of unbranched alkanes of at least 4 members (excludes halogenated alkanes) is 38. The standard InChI is InChI=1S/C55H109NO9/c1-3-5-7-9-11-13-15-17-19-21-22-23-24-25-26-28-30-32-34-36-38-40-42-44-50(59)56-47(46-64-55-54(63)53(62)52(61)49(45-57)65-55)51(60)48(58)43-41-39-37-35-33-31-29-27-20-18-16-14-12-10-8-6-4-2/h47-49,51-55,57-58,60-63H,3-46H2,1-2H3,(H,56,59)/t47-,48+,49+,51-,52-,53+,54+,55-/m0/s1. The van der Waals surface area contributed by atoms with Gasteiger partial charge >= 0.3 is 0 Å². The molecule has 10 heteroatoms. The molecule has 1 saturated heterocycles. The summed E-state index contributed by atoms with van der Waals surface area (Å²) in [7, 11) is 0. The van der Waals surface area contributed by atoms with Gasteiger partial charge in [0.2, 0.25) is 5.91 Å². The number of aliphatic hydroxyl groups is 6. The van der Waals surface area contributed by atoms with Crippen LogP contribution in [0.2, 0.25) is 0 Å². The highest BCUT2D eigenvalue weighted by Gasteiger charge is 2.44. The third-order valence-corrected chi connectivity index (χ3v) is 14.1. The van der Waals surface area contributed by atoms with Crippen LogP contribution in [0, 0.1) is 0 Å². The van der Waals surface area contributed by atoms with E-state index < -0.39 is 55.6 Å². The third kappa shape index (κ3) is 35.0. The summed E-state index contributed by atoms with van der Waals surface area (Å²) in [6.07, 6.45) is 42.6. The van der Waals surface area contributed by atoms with Gasteiger partial charge in [-0.15, -0.1) is 0 Å². The second-order valence-electron chi connectivity index (χ2n) is 20.2. The van der Waals surface area contributed by atoms with E-state index in [-0.39, 0.29) is 18.9 Å². The Balaban J connectivity index is 2.25. The van der Waals surface area contributed by atoms with E-state index in [0.717, 1.165) is 38.5 Å². The average Bonchev–Trinajstić information content (AvgIpc) is 3.31. The molecule has 1 heterocycles. The van der Waals surface area contributed by atoms with Crippen molar-refractivity contribution in [1.82, 2.24) is 5.32 Å². The molecule has 0 saturated carbocycles. The second-order valence-corrected chi connectivity index (χ2v) is 20.2. The molecule has 7 N–H and O–H groups in total. The summed E-state index contributed by atoms with van der Waals surface area (Å²) in [4.78, 5) is 13.1. The van der Waals surface area contributed by atoms with Gasteiger partial charge in [-0.25, -0.2) is 0 Å². The van der Waals surface area contributed by atoms with Crippen molar-refractivity contribution in [1.29, 1.82) is 0 Å². The zero-order valence-corrected chi connectivity index (χ0v) is 42.6. The maximum absolute atomic E-state index is 13.1. The van der Waals surface area contributed by atoms with Gasteiger partial charge in [0.05, 0.1) is 25.4 Å². The Morgan fingerprint density at radius 3 is 1.14 bits per heavy atom. The van der Waals surface area contributed by atoms with Gasteiger partial charge in [0, 0.05) is 6.42 Å². The summed E-state index contributed by atoms with van der Waals surface area (Å²) < 4.78 is 11.2. The molecule has 1 amide bonds. The van der Waals surface area contributed by atoms with E-state index in [4.69, 9.17) is 9.47 Å². The Bertz CT molecular complexity index is 1000. The van der Waals surface area contributed by atoms with Crippen LogP contribution in [0.4, 0.5) is 0 Å². The number of aliphatic hydroxyl groups excluding tert-OH is 6. The molecule has 1 aliphatic rings. The highest BCUT2D eigenvalue weighted by Crippen LogP contribution is 2.23. The first-order valence-electron chi connectivity index (χ1n) is 28.3. The van der Waals surface area contributed by atoms with Gasteiger partial charge in [-0.3, -0.25) is 4.79 Å². The van der Waals surface area contributed by atoms with E-state index in [2.05, 4.69) is 19.2 Å². The monoisotopic (exact) mass is 928 g/mol. The summed E-state index contributed by atoms with van der Waals surface area (Å²) in [6, 6.07) is -0.986. The second kappa shape index (κ2) is 45.6. The topological polar surface area (TPSA) is 169 Å². The van der Waals surface area contributed by atoms with Gasteiger partial charge in [0.1, 0.15) is 30.5 Å². The van der Waals surface area contributed by atoms with Crippen LogP contribution in [0.1, 0.15) is 284 Å². The first-order valence-corrected chi connectivity index (χ1v) is 28.3. The van der Waals surface area contributed by atoms with Crippen LogP contribution >= 0.6 is 0 Å². The third-order valence-electron chi connectivity index (χ3n) is 14.1. The molecule has 10 nitrogen and oxygen atoms in total. The Kier molecular flexibility index (Phi) is 43.6. The van der Waals surface area contributed by atoms with Gasteiger partial charge in [0.15, 0.2) is 6.29 Å². The maximum Gasteiger partial charge on any atom is 0.220 e. The minimum Gasteiger partial charge on any atom is -0.394 e. The predicted molar refractivity (Wildman–Crippen MR) is 269 cm³/mol. The molecule has 0 aliphatic carbocycles. The average molecular weight is 928 g/mol. The van der Waals surface area contributed by atoms with Gasteiger partial charge < -0.3 is 45.4 Å². The molecule has 1 rings (SSSR count). The van der Waals surface area contributed by atoms with Crippen LogP contribution in [-0.4, -0.2) is 98.7 Å². The summed E-state index contributed by atoms with van der Waals surface area (Å²) >= 11 is 0. The number of carbonyl (C=O) groups is 1. The molecule has 1 aliphatic heterocycles. The van der Waals surface area contributed by atoms with Crippen LogP contribution in [0.15, 0.2) is 0 Å². The summed E-state index contributed by atoms with van der Waals surface area (Å²) in [5, 5.41) is 65.5. The molecule has 0 aromatic rings. The summed E-state index contributed by atoms with van der Waals surface area (Å²) in [5.74, 6) is -0.250. The molecule has 65 heavy (non-hydrogen) atoms. The Morgan fingerprint density at radius 1 is 0.477 bits per heavy atom. The lowest BCUT2D eigenvalue weighted by Crippen LogP contribution is -2.60. The fourth-order valence-corrected chi connectivity index (χ4v) is 9.50. The predicted octanol–water partition coefficient (Wildman–Crippen LogP) is 12.4. The van der Waals surface area contributed by atoms with Crippen molar-refractivity contribution < 1.29 is 44.9 Å². The summed E-state index contributed by atoms with van der Waals surface area (Å²) in [6.45, 7) is 3.66. The van der Waals surface area contributed by atoms with Crippen LogP contribution in [0.25, 0.3) is 0 Å². The van der Waals surface area contributed by atoms with E-state index in [1.165, 1.54) is 218 Å². The normalized spacial score (nSPS) is 20.3. The van der Waals surface area contributed by atoms with E-state index in [1.807, 2.05) is 0 Å². The van der Waals surface area contributed by atoms with Gasteiger partial charge in [0.25, 0.3) is 0 Å². The first kappa shape index (κ1) is 62.2. The lowest BCUT2D eigenvalue weighted by atomic mass is 9.98. The largest absolute Gasteiger partial charge is 0.394 e. The number of amides is 1. The molecule has 0 radical (unpaired) electrons. The molecular formula is C55H109NO9. The number of hydrogen-bond acceptors (Lipinski definition) is 9. The fourth-order valence-electron chi connectivity index (χ4n) is 9.50. The number of hydrogen-bond donors (Lipinski definition) is 7. The molecule has 0 spiro atoms. The smallest absolute Gasteiger partial charge is 0.220 e. The van der Waals surface area contributed by atoms with Gasteiger partial charge in [-0.1, -0.05) is 264 Å². The molecular weight excluding hydrogens is 819 g/mol. The fraction of sp³-hybridized carbons (Fsp3) is 0.982. The van der Waals surface area contributed by atoms with E-state index >= 15 is 0 Å². The van der Waals surface area contributed by atoms with Crippen molar-refractivity contribution in [2.45, 2.75) is 332 Å². The minimum absolute atomic E-state index is 0.250. The van der Waals surface area contributed by atoms with Crippen molar-refractivity contribution >= 4 is 5.91 Å². The zero-order valence-electron chi connectivity index (χ0n) is 42.6. The number of carbonyl (C=O) groups excluding carboxylic acids is 1. The van der Waals surface area contributed by atoms with E-state index in [0.29, 0.717) is 6.42 Å². The van der Waals surface area contributed by atoms with Gasteiger partial charge in [-0.2, -0.15) is 0 Å². The van der Waals surface area contributed by atoms with Crippen LogP contribution in [0.3, 0.4) is 0 Å². The molecule has 0 aromatic carbocycles. The van der Waals surface area contributed by atoms with Crippen LogP contribution < -0.4 is 5.32 Å². The van der Waals surface area contributed by atoms with Gasteiger partial charge in [-0.05, 0) is 12.8 Å². The van der Waals surface area contributed by atoms with Crippen molar-refractivity contribution in [3.05, 3.63) is 0 Å². The molecule has 388 valence electrons.